The van der Waals surface area contributed by atoms with Gasteiger partial charge in [-0.1, -0.05) is 0 Å². The zero-order chi connectivity index (χ0) is 14.7. The largest absolute Gasteiger partial charge is 0.345 e. The Morgan fingerprint density at radius 1 is 1.55 bits per heavy atom. The second-order valence-electron chi connectivity index (χ2n) is 4.15. The average Bonchev–Trinajstić information content (AvgIpc) is 2.92. The maximum absolute atomic E-state index is 12.2. The molecule has 0 fully saturated rings. The number of aromatic nitrogens is 2. The standard InChI is InChI=1S/C12H11BrN4O3/c1-7(8-5-14-15-6-8)16-12(18)10-4-9(17(19)20)2-3-11(10)13/h2-7H,1H3,(H,14,15)(H,16,18). The highest BCUT2D eigenvalue weighted by Crippen LogP contribution is 2.23. The van der Waals surface area contributed by atoms with Crippen LogP contribution in [0.2, 0.25) is 0 Å². The van der Waals surface area contributed by atoms with E-state index in [0.29, 0.717) is 4.47 Å². The Kier molecular flexibility index (Phi) is 4.14. The molecule has 0 aliphatic carbocycles. The zero-order valence-electron chi connectivity index (χ0n) is 10.5. The number of non-ortho nitro benzene ring substituents is 1. The van der Waals surface area contributed by atoms with Crippen LogP contribution in [-0.4, -0.2) is 21.0 Å². The Labute approximate surface area is 122 Å². The molecule has 1 aromatic heterocycles. The summed E-state index contributed by atoms with van der Waals surface area (Å²) in [6.07, 6.45) is 3.28. The summed E-state index contributed by atoms with van der Waals surface area (Å²) in [6.45, 7) is 1.80. The minimum absolute atomic E-state index is 0.130. The van der Waals surface area contributed by atoms with Gasteiger partial charge in [0.05, 0.1) is 22.7 Å². The van der Waals surface area contributed by atoms with Gasteiger partial charge in [0, 0.05) is 28.4 Å². The predicted molar refractivity (Wildman–Crippen MR) is 75.3 cm³/mol. The Balaban J connectivity index is 2.20. The van der Waals surface area contributed by atoms with Crippen molar-refractivity contribution < 1.29 is 9.72 Å². The van der Waals surface area contributed by atoms with Gasteiger partial charge in [-0.05, 0) is 28.9 Å². The molecule has 104 valence electrons. The number of carbonyl (C=O) groups is 1. The van der Waals surface area contributed by atoms with E-state index in [1.807, 2.05) is 0 Å². The fourth-order valence-electron chi connectivity index (χ4n) is 1.66. The molecule has 20 heavy (non-hydrogen) atoms. The van der Waals surface area contributed by atoms with Crippen LogP contribution in [-0.2, 0) is 0 Å². The lowest BCUT2D eigenvalue weighted by Crippen LogP contribution is -2.26. The van der Waals surface area contributed by atoms with Crippen LogP contribution in [0.4, 0.5) is 5.69 Å². The molecule has 0 saturated carbocycles. The number of hydrogen-bond acceptors (Lipinski definition) is 4. The van der Waals surface area contributed by atoms with Gasteiger partial charge >= 0.3 is 0 Å². The Bertz CT molecular complexity index is 642. The zero-order valence-corrected chi connectivity index (χ0v) is 12.0. The molecule has 2 rings (SSSR count). The number of nitro benzene ring substituents is 1. The first-order valence-corrected chi connectivity index (χ1v) is 6.52. The molecule has 0 aliphatic heterocycles. The second-order valence-corrected chi connectivity index (χ2v) is 5.00. The molecule has 2 N–H and O–H groups in total. The van der Waals surface area contributed by atoms with Crippen molar-refractivity contribution in [2.75, 3.05) is 0 Å². The first-order valence-electron chi connectivity index (χ1n) is 5.72. The summed E-state index contributed by atoms with van der Waals surface area (Å²) in [5.41, 5.74) is 0.906. The number of nitrogens with zero attached hydrogens (tertiary/aromatic N) is 2. The van der Waals surface area contributed by atoms with Crippen LogP contribution >= 0.6 is 15.9 Å². The van der Waals surface area contributed by atoms with Crippen molar-refractivity contribution in [1.29, 1.82) is 0 Å². The quantitative estimate of drug-likeness (QED) is 0.660. The van der Waals surface area contributed by atoms with E-state index in [9.17, 15) is 14.9 Å². The van der Waals surface area contributed by atoms with Crippen LogP contribution in [0, 0.1) is 10.1 Å². The summed E-state index contributed by atoms with van der Waals surface area (Å²) in [7, 11) is 0. The average molecular weight is 339 g/mol. The van der Waals surface area contributed by atoms with Crippen LogP contribution < -0.4 is 5.32 Å². The van der Waals surface area contributed by atoms with Crippen LogP contribution in [0.1, 0.15) is 28.9 Å². The number of aromatic amines is 1. The fourth-order valence-corrected chi connectivity index (χ4v) is 2.08. The maximum Gasteiger partial charge on any atom is 0.270 e. The highest BCUT2D eigenvalue weighted by molar-refractivity contribution is 9.10. The Hall–Kier alpha value is -2.22. The molecule has 0 spiro atoms. The number of amides is 1. The van der Waals surface area contributed by atoms with E-state index in [1.54, 1.807) is 19.3 Å². The van der Waals surface area contributed by atoms with E-state index in [2.05, 4.69) is 31.4 Å². The maximum atomic E-state index is 12.2. The molecule has 2 aromatic rings. The van der Waals surface area contributed by atoms with Crippen molar-refractivity contribution in [3.8, 4) is 0 Å². The number of nitrogens with one attached hydrogen (secondary N) is 2. The lowest BCUT2D eigenvalue weighted by atomic mass is 10.1. The molecule has 1 heterocycles. The highest BCUT2D eigenvalue weighted by Gasteiger charge is 2.18. The molecular weight excluding hydrogens is 328 g/mol. The molecule has 7 nitrogen and oxygen atoms in total. The van der Waals surface area contributed by atoms with Gasteiger partial charge in [0.25, 0.3) is 11.6 Å². The summed E-state index contributed by atoms with van der Waals surface area (Å²) in [6, 6.07) is 3.80. The molecule has 0 saturated heterocycles. The van der Waals surface area contributed by atoms with Crippen molar-refractivity contribution in [3.05, 3.63) is 56.3 Å². The monoisotopic (exact) mass is 338 g/mol. The third-order valence-corrected chi connectivity index (χ3v) is 3.46. The smallest absolute Gasteiger partial charge is 0.270 e. The van der Waals surface area contributed by atoms with E-state index in [-0.39, 0.29) is 17.3 Å². The topological polar surface area (TPSA) is 101 Å². The van der Waals surface area contributed by atoms with Gasteiger partial charge in [-0.25, -0.2) is 0 Å². The van der Waals surface area contributed by atoms with Crippen molar-refractivity contribution in [3.63, 3.8) is 0 Å². The summed E-state index contributed by atoms with van der Waals surface area (Å²) >= 11 is 3.22. The number of nitro groups is 1. The first kappa shape index (κ1) is 14.2. The van der Waals surface area contributed by atoms with Crippen LogP contribution in [0.15, 0.2) is 35.1 Å². The summed E-state index contributed by atoms with van der Waals surface area (Å²) in [5.74, 6) is -0.394. The van der Waals surface area contributed by atoms with Crippen molar-refractivity contribution in [1.82, 2.24) is 15.5 Å². The molecule has 0 radical (unpaired) electrons. The molecule has 1 unspecified atom stereocenters. The predicted octanol–water partition coefficient (Wildman–Crippen LogP) is 2.57. The van der Waals surface area contributed by atoms with E-state index in [1.165, 1.54) is 18.2 Å². The Morgan fingerprint density at radius 3 is 2.90 bits per heavy atom. The van der Waals surface area contributed by atoms with Gasteiger partial charge in [-0.3, -0.25) is 20.0 Å². The molecule has 8 heteroatoms. The van der Waals surface area contributed by atoms with Crippen molar-refractivity contribution in [2.45, 2.75) is 13.0 Å². The molecular formula is C12H11BrN4O3. The van der Waals surface area contributed by atoms with Crippen LogP contribution in [0.3, 0.4) is 0 Å². The molecule has 1 aromatic carbocycles. The molecule has 0 aliphatic rings. The summed E-state index contributed by atoms with van der Waals surface area (Å²) in [5, 5.41) is 20.0. The first-order chi connectivity index (χ1) is 9.49. The van der Waals surface area contributed by atoms with Gasteiger partial charge in [0.15, 0.2) is 0 Å². The number of halogens is 1. The van der Waals surface area contributed by atoms with Gasteiger partial charge in [-0.15, -0.1) is 0 Å². The third kappa shape index (κ3) is 3.02. The number of H-pyrrole nitrogens is 1. The fraction of sp³-hybridized carbons (Fsp3) is 0.167. The molecule has 1 atom stereocenters. The lowest BCUT2D eigenvalue weighted by Gasteiger charge is -2.12. The number of benzene rings is 1. The molecule has 0 bridgehead atoms. The van der Waals surface area contributed by atoms with Crippen molar-refractivity contribution in [2.24, 2.45) is 0 Å². The van der Waals surface area contributed by atoms with E-state index in [4.69, 9.17) is 0 Å². The van der Waals surface area contributed by atoms with Crippen LogP contribution in [0.5, 0.6) is 0 Å². The number of carbonyl (C=O) groups excluding carboxylic acids is 1. The van der Waals surface area contributed by atoms with E-state index in [0.717, 1.165) is 5.56 Å². The van der Waals surface area contributed by atoms with E-state index >= 15 is 0 Å². The van der Waals surface area contributed by atoms with Gasteiger partial charge in [0.2, 0.25) is 0 Å². The summed E-state index contributed by atoms with van der Waals surface area (Å²) < 4.78 is 0.500. The summed E-state index contributed by atoms with van der Waals surface area (Å²) in [4.78, 5) is 22.4. The minimum Gasteiger partial charge on any atom is -0.345 e. The SMILES string of the molecule is CC(NC(=O)c1cc([N+](=O)[O-])ccc1Br)c1cn[nH]c1. The van der Waals surface area contributed by atoms with E-state index < -0.39 is 10.8 Å². The Morgan fingerprint density at radius 2 is 2.30 bits per heavy atom. The second kappa shape index (κ2) is 5.83. The lowest BCUT2D eigenvalue weighted by molar-refractivity contribution is -0.384. The molecule has 1 amide bonds. The van der Waals surface area contributed by atoms with Gasteiger partial charge in [0.1, 0.15) is 0 Å². The number of hydrogen-bond donors (Lipinski definition) is 2. The van der Waals surface area contributed by atoms with Crippen LogP contribution in [0.25, 0.3) is 0 Å². The van der Waals surface area contributed by atoms with Gasteiger partial charge in [-0.2, -0.15) is 5.10 Å². The highest BCUT2D eigenvalue weighted by atomic mass is 79.9. The minimum atomic E-state index is -0.539. The third-order valence-electron chi connectivity index (χ3n) is 2.77. The van der Waals surface area contributed by atoms with Crippen molar-refractivity contribution >= 4 is 27.5 Å². The van der Waals surface area contributed by atoms with Gasteiger partial charge < -0.3 is 5.32 Å². The number of rotatable bonds is 4. The normalized spacial score (nSPS) is 11.9.